The van der Waals surface area contributed by atoms with Crippen LogP contribution in [0.4, 0.5) is 0 Å². The Morgan fingerprint density at radius 3 is 3.14 bits per heavy atom. The van der Waals surface area contributed by atoms with Gasteiger partial charge in [-0.05, 0) is 19.4 Å². The Bertz CT molecular complexity index is 719. The van der Waals surface area contributed by atoms with Crippen molar-refractivity contribution in [3.63, 3.8) is 0 Å². The molecule has 4 heterocycles. The maximum Gasteiger partial charge on any atom is 0.332 e. The second-order valence-electron chi connectivity index (χ2n) is 6.32. The first kappa shape index (κ1) is 11.7. The number of fused-ring (bicyclic) bond motifs is 2. The molecular weight excluding hydrogens is 268 g/mol. The molecule has 1 aromatic rings. The van der Waals surface area contributed by atoms with Crippen LogP contribution in [0.3, 0.4) is 0 Å². The highest BCUT2D eigenvalue weighted by atomic mass is 16.6. The fraction of sp³-hybridized carbons (Fsp3) is 0.533. The molecule has 6 heteroatoms. The van der Waals surface area contributed by atoms with Crippen molar-refractivity contribution in [2.75, 3.05) is 6.54 Å². The number of carbonyl (C=O) groups excluding carboxylic acids is 1. The van der Waals surface area contributed by atoms with E-state index in [1.54, 1.807) is 10.8 Å². The maximum absolute atomic E-state index is 11.9. The molecule has 6 nitrogen and oxygen atoms in total. The van der Waals surface area contributed by atoms with Gasteiger partial charge in [-0.3, -0.25) is 9.58 Å². The average Bonchev–Trinajstić information content (AvgIpc) is 3.10. The Morgan fingerprint density at radius 2 is 2.33 bits per heavy atom. The third-order valence-electron chi connectivity index (χ3n) is 5.28. The van der Waals surface area contributed by atoms with Crippen LogP contribution in [0.2, 0.25) is 0 Å². The first-order valence-corrected chi connectivity index (χ1v) is 7.50. The summed E-state index contributed by atoms with van der Waals surface area (Å²) in [6.45, 7) is 1.09. The van der Waals surface area contributed by atoms with Crippen molar-refractivity contribution in [3.8, 4) is 0 Å². The van der Waals surface area contributed by atoms with Gasteiger partial charge in [0.05, 0.1) is 18.3 Å². The molecular formula is C15H16N4O2. The molecule has 4 aliphatic rings. The lowest BCUT2D eigenvalue weighted by molar-refractivity contribution is -0.194. The fourth-order valence-electron chi connectivity index (χ4n) is 4.51. The fourth-order valence-corrected chi connectivity index (χ4v) is 4.51. The first-order chi connectivity index (χ1) is 10.2. The molecule has 0 N–H and O–H groups in total. The van der Waals surface area contributed by atoms with Gasteiger partial charge in [-0.25, -0.2) is 4.79 Å². The lowest BCUT2D eigenvalue weighted by atomic mass is 9.70. The number of hydrogen-bond acceptors (Lipinski definition) is 5. The minimum absolute atomic E-state index is 0.178. The molecule has 21 heavy (non-hydrogen) atoms. The molecule has 1 aromatic heterocycles. The van der Waals surface area contributed by atoms with Crippen molar-refractivity contribution in [3.05, 3.63) is 29.6 Å². The summed E-state index contributed by atoms with van der Waals surface area (Å²) in [5.41, 5.74) is 2.42. The van der Waals surface area contributed by atoms with Gasteiger partial charge in [0.1, 0.15) is 5.69 Å². The molecule has 2 fully saturated rings. The molecule has 3 aliphatic heterocycles. The van der Waals surface area contributed by atoms with E-state index in [1.807, 2.05) is 13.2 Å². The summed E-state index contributed by atoms with van der Waals surface area (Å²) < 4.78 is 7.51. The highest BCUT2D eigenvalue weighted by Crippen LogP contribution is 2.59. The van der Waals surface area contributed by atoms with E-state index in [0.717, 1.165) is 29.8 Å². The lowest BCUT2D eigenvalue weighted by Gasteiger charge is -2.60. The van der Waals surface area contributed by atoms with Crippen molar-refractivity contribution in [1.82, 2.24) is 19.9 Å². The number of esters is 1. The van der Waals surface area contributed by atoms with Crippen LogP contribution in [-0.2, 0) is 16.6 Å². The van der Waals surface area contributed by atoms with E-state index >= 15 is 0 Å². The summed E-state index contributed by atoms with van der Waals surface area (Å²) in [6.07, 6.45) is 9.30. The molecule has 3 atom stereocenters. The zero-order valence-corrected chi connectivity index (χ0v) is 11.8. The molecule has 1 aliphatic carbocycles. The van der Waals surface area contributed by atoms with Crippen molar-refractivity contribution in [2.24, 2.45) is 7.05 Å². The van der Waals surface area contributed by atoms with Gasteiger partial charge in [-0.15, -0.1) is 5.10 Å². The van der Waals surface area contributed by atoms with E-state index < -0.39 is 5.60 Å². The Hall–Kier alpha value is -1.95. The zero-order chi connectivity index (χ0) is 14.2. The normalized spacial score (nSPS) is 37.1. The Balaban J connectivity index is 1.64. The number of aryl methyl sites for hydroxylation is 1. The van der Waals surface area contributed by atoms with Crippen LogP contribution in [0.5, 0.6) is 0 Å². The molecule has 1 unspecified atom stereocenters. The van der Waals surface area contributed by atoms with Gasteiger partial charge in [0, 0.05) is 24.3 Å². The summed E-state index contributed by atoms with van der Waals surface area (Å²) in [6, 6.07) is 0.511. The Kier molecular flexibility index (Phi) is 2.02. The monoisotopic (exact) mass is 284 g/mol. The minimum atomic E-state index is -0.440. The molecule has 0 amide bonds. The Morgan fingerprint density at radius 1 is 1.43 bits per heavy atom. The largest absolute Gasteiger partial charge is 0.447 e. The lowest BCUT2D eigenvalue weighted by Crippen LogP contribution is -2.76. The van der Waals surface area contributed by atoms with Gasteiger partial charge < -0.3 is 4.74 Å². The molecule has 0 bridgehead atoms. The van der Waals surface area contributed by atoms with Crippen LogP contribution in [0.1, 0.15) is 25.0 Å². The number of hydrogen-bond donors (Lipinski definition) is 0. The van der Waals surface area contributed by atoms with E-state index in [1.165, 1.54) is 12.8 Å². The van der Waals surface area contributed by atoms with Crippen molar-refractivity contribution in [1.29, 1.82) is 0 Å². The van der Waals surface area contributed by atoms with Crippen LogP contribution >= 0.6 is 0 Å². The van der Waals surface area contributed by atoms with Crippen molar-refractivity contribution >= 4 is 11.5 Å². The summed E-state index contributed by atoms with van der Waals surface area (Å²) in [4.78, 5) is 14.4. The number of carbonyl (C=O) groups is 1. The van der Waals surface area contributed by atoms with E-state index in [-0.39, 0.29) is 12.0 Å². The summed E-state index contributed by atoms with van der Waals surface area (Å²) in [5, 5.41) is 8.22. The number of aromatic nitrogens is 3. The smallest absolute Gasteiger partial charge is 0.332 e. The standard InChI is InChI=1S/C15H16N4O2/c1-18-8-11(16-17-18)9-6-13-15(10(9)7-14(20)21-15)12-4-2-3-5-19(12)13/h6-8,12-13H,2-5H2,1H3/t12-,13?,15+/m1/s1. The average molecular weight is 284 g/mol. The third-order valence-corrected chi connectivity index (χ3v) is 5.28. The molecule has 0 aromatic carbocycles. The molecule has 108 valence electrons. The highest BCUT2D eigenvalue weighted by molar-refractivity contribution is 5.98. The van der Waals surface area contributed by atoms with Crippen molar-refractivity contribution in [2.45, 2.75) is 36.9 Å². The van der Waals surface area contributed by atoms with E-state index in [0.29, 0.717) is 6.04 Å². The van der Waals surface area contributed by atoms with Gasteiger partial charge in [0.25, 0.3) is 0 Å². The zero-order valence-electron chi connectivity index (χ0n) is 11.8. The first-order valence-electron chi connectivity index (χ1n) is 7.50. The second kappa shape index (κ2) is 3.62. The van der Waals surface area contributed by atoms with E-state index in [4.69, 9.17) is 4.74 Å². The van der Waals surface area contributed by atoms with Crippen LogP contribution in [0.15, 0.2) is 23.9 Å². The minimum Gasteiger partial charge on any atom is -0.447 e. The van der Waals surface area contributed by atoms with Gasteiger partial charge in [0.2, 0.25) is 0 Å². The van der Waals surface area contributed by atoms with E-state index in [2.05, 4.69) is 21.3 Å². The number of nitrogens with zero attached hydrogens (tertiary/aromatic N) is 4. The van der Waals surface area contributed by atoms with Gasteiger partial charge in [-0.1, -0.05) is 17.7 Å². The van der Waals surface area contributed by atoms with Crippen LogP contribution in [0, 0.1) is 0 Å². The molecule has 5 rings (SSSR count). The van der Waals surface area contributed by atoms with E-state index in [9.17, 15) is 4.79 Å². The molecule has 1 spiro atoms. The summed E-state index contributed by atoms with van der Waals surface area (Å²) in [7, 11) is 1.85. The predicted octanol–water partition coefficient (Wildman–Crippen LogP) is 0.671. The predicted molar refractivity (Wildman–Crippen MR) is 74.0 cm³/mol. The molecule has 2 saturated heterocycles. The number of piperidine rings is 1. The van der Waals surface area contributed by atoms with Crippen LogP contribution < -0.4 is 0 Å². The quantitative estimate of drug-likeness (QED) is 0.709. The SMILES string of the molecule is Cn1cc(C2=CC3N4CCCC[C@@H]4[C@]34OC(=O)C=C24)nn1. The second-order valence-corrected chi connectivity index (χ2v) is 6.32. The number of rotatable bonds is 1. The third kappa shape index (κ3) is 1.25. The number of ether oxygens (including phenoxy) is 1. The summed E-state index contributed by atoms with van der Waals surface area (Å²) >= 11 is 0. The van der Waals surface area contributed by atoms with Gasteiger partial charge >= 0.3 is 5.97 Å². The van der Waals surface area contributed by atoms with Crippen LogP contribution in [-0.4, -0.2) is 50.1 Å². The van der Waals surface area contributed by atoms with Gasteiger partial charge in [0.15, 0.2) is 5.60 Å². The van der Waals surface area contributed by atoms with Crippen molar-refractivity contribution < 1.29 is 9.53 Å². The maximum atomic E-state index is 11.9. The Labute approximate surface area is 122 Å². The van der Waals surface area contributed by atoms with Gasteiger partial charge in [-0.2, -0.15) is 0 Å². The summed E-state index contributed by atoms with van der Waals surface area (Å²) in [5.74, 6) is -0.213. The topological polar surface area (TPSA) is 60.2 Å². The highest BCUT2D eigenvalue weighted by Gasteiger charge is 2.70. The molecule has 0 radical (unpaired) electrons. The molecule has 0 saturated carbocycles. The van der Waals surface area contributed by atoms with Crippen LogP contribution in [0.25, 0.3) is 5.57 Å².